The van der Waals surface area contributed by atoms with Crippen LogP contribution < -0.4 is 0 Å². The van der Waals surface area contributed by atoms with E-state index < -0.39 is 20.0 Å². The van der Waals surface area contributed by atoms with Gasteiger partial charge in [0.15, 0.2) is 0 Å². The molecule has 0 saturated carbocycles. The van der Waals surface area contributed by atoms with Crippen LogP contribution in [-0.2, 0) is 20.0 Å². The lowest BCUT2D eigenvalue weighted by molar-refractivity contribution is 0.406. The number of sulfonamides is 2. The molecule has 1 saturated heterocycles. The number of halogens is 1. The highest BCUT2D eigenvalue weighted by Gasteiger charge is 2.29. The normalized spacial score (nSPS) is 19.3. The van der Waals surface area contributed by atoms with Crippen molar-refractivity contribution in [2.24, 2.45) is 0 Å². The van der Waals surface area contributed by atoms with Crippen molar-refractivity contribution in [2.45, 2.75) is 11.3 Å². The number of rotatable bonds is 3. The summed E-state index contributed by atoms with van der Waals surface area (Å²) in [4.78, 5) is 0.221. The minimum atomic E-state index is -3.58. The molecule has 0 radical (unpaired) electrons. The summed E-state index contributed by atoms with van der Waals surface area (Å²) in [6.07, 6.45) is 1.63. The molecule has 0 aliphatic carbocycles. The molecule has 1 fully saturated rings. The van der Waals surface area contributed by atoms with Crippen LogP contribution >= 0.6 is 15.9 Å². The van der Waals surface area contributed by atoms with Gasteiger partial charge >= 0.3 is 0 Å². The minimum Gasteiger partial charge on any atom is -0.213 e. The van der Waals surface area contributed by atoms with Crippen molar-refractivity contribution in [2.75, 3.05) is 32.4 Å². The van der Waals surface area contributed by atoms with E-state index in [0.717, 1.165) is 10.7 Å². The molecule has 0 amide bonds. The Morgan fingerprint density at radius 2 is 1.43 bits per heavy atom. The highest BCUT2D eigenvalue weighted by atomic mass is 79.9. The molecule has 0 aromatic heterocycles. The van der Waals surface area contributed by atoms with Crippen LogP contribution in [-0.4, -0.2) is 57.9 Å². The topological polar surface area (TPSA) is 74.8 Å². The highest BCUT2D eigenvalue weighted by molar-refractivity contribution is 9.10. The Morgan fingerprint density at radius 1 is 0.905 bits per heavy atom. The second-order valence-electron chi connectivity index (χ2n) is 4.87. The van der Waals surface area contributed by atoms with E-state index in [1.807, 2.05) is 0 Å². The molecule has 21 heavy (non-hydrogen) atoms. The average molecular weight is 397 g/mol. The Bertz CT molecular complexity index is 701. The van der Waals surface area contributed by atoms with E-state index in [0.29, 0.717) is 19.5 Å². The fourth-order valence-electron chi connectivity index (χ4n) is 2.20. The van der Waals surface area contributed by atoms with Gasteiger partial charge in [0.25, 0.3) is 0 Å². The van der Waals surface area contributed by atoms with Gasteiger partial charge in [0, 0.05) is 30.7 Å². The lowest BCUT2D eigenvalue weighted by atomic mass is 10.4. The lowest BCUT2D eigenvalue weighted by Gasteiger charge is -2.20. The van der Waals surface area contributed by atoms with Gasteiger partial charge in [-0.1, -0.05) is 15.9 Å². The van der Waals surface area contributed by atoms with E-state index in [9.17, 15) is 16.8 Å². The number of hydrogen-bond acceptors (Lipinski definition) is 4. The van der Waals surface area contributed by atoms with Gasteiger partial charge in [-0.2, -0.15) is 4.31 Å². The van der Waals surface area contributed by atoms with Crippen molar-refractivity contribution in [1.29, 1.82) is 0 Å². The number of hydrogen-bond donors (Lipinski definition) is 0. The first kappa shape index (κ1) is 16.9. The number of benzene rings is 1. The molecular weight excluding hydrogens is 380 g/mol. The molecule has 1 aliphatic heterocycles. The van der Waals surface area contributed by atoms with Crippen LogP contribution in [0.1, 0.15) is 6.42 Å². The zero-order chi connectivity index (χ0) is 15.7. The quantitative estimate of drug-likeness (QED) is 0.766. The fraction of sp³-hybridized carbons (Fsp3) is 0.500. The number of nitrogens with zero attached hydrogens (tertiary/aromatic N) is 2. The van der Waals surface area contributed by atoms with Crippen LogP contribution in [0.4, 0.5) is 0 Å². The Morgan fingerprint density at radius 3 is 2.00 bits per heavy atom. The molecule has 1 heterocycles. The summed E-state index contributed by atoms with van der Waals surface area (Å²) >= 11 is 3.27. The Labute approximate surface area is 134 Å². The average Bonchev–Trinajstić information content (AvgIpc) is 2.64. The van der Waals surface area contributed by atoms with Crippen LogP contribution in [0.3, 0.4) is 0 Å². The van der Waals surface area contributed by atoms with Crippen LogP contribution in [0.15, 0.2) is 33.6 Å². The van der Waals surface area contributed by atoms with Crippen LogP contribution in [0.5, 0.6) is 0 Å². The van der Waals surface area contributed by atoms with Crippen LogP contribution in [0.25, 0.3) is 0 Å². The Hall–Kier alpha value is -0.480. The summed E-state index contributed by atoms with van der Waals surface area (Å²) in [5, 5.41) is 0. The zero-order valence-corrected chi connectivity index (χ0v) is 14.8. The predicted octanol–water partition coefficient (Wildman–Crippen LogP) is 1.11. The molecule has 1 aromatic carbocycles. The van der Waals surface area contributed by atoms with Crippen molar-refractivity contribution in [3.8, 4) is 0 Å². The van der Waals surface area contributed by atoms with Gasteiger partial charge in [0.2, 0.25) is 20.0 Å². The maximum atomic E-state index is 12.6. The van der Waals surface area contributed by atoms with Crippen molar-refractivity contribution in [3.63, 3.8) is 0 Å². The Kier molecular flexibility index (Phi) is 5.09. The van der Waals surface area contributed by atoms with E-state index in [1.54, 1.807) is 24.3 Å². The van der Waals surface area contributed by atoms with Gasteiger partial charge in [0.05, 0.1) is 11.2 Å². The SMILES string of the molecule is CS(=O)(=O)N1CCCN(S(=O)(=O)c2ccc(Br)cc2)CC1. The summed E-state index contributed by atoms with van der Waals surface area (Å²) in [5.41, 5.74) is 0. The van der Waals surface area contributed by atoms with Crippen molar-refractivity contribution in [1.82, 2.24) is 8.61 Å². The monoisotopic (exact) mass is 396 g/mol. The van der Waals surface area contributed by atoms with Gasteiger partial charge in [-0.05, 0) is 30.7 Å². The molecule has 1 aliphatic rings. The summed E-state index contributed by atoms with van der Waals surface area (Å²) < 4.78 is 51.7. The van der Waals surface area contributed by atoms with E-state index in [-0.39, 0.29) is 18.0 Å². The largest absolute Gasteiger partial charge is 0.243 e. The predicted molar refractivity (Wildman–Crippen MR) is 83.9 cm³/mol. The molecule has 0 spiro atoms. The van der Waals surface area contributed by atoms with E-state index in [1.165, 1.54) is 8.61 Å². The van der Waals surface area contributed by atoms with E-state index >= 15 is 0 Å². The Balaban J connectivity index is 2.20. The molecule has 0 unspecified atom stereocenters. The van der Waals surface area contributed by atoms with Gasteiger partial charge in [-0.15, -0.1) is 0 Å². The third-order valence-corrected chi connectivity index (χ3v) is 7.08. The summed E-state index contributed by atoms with van der Waals surface area (Å²) in [5.74, 6) is 0. The smallest absolute Gasteiger partial charge is 0.213 e. The molecule has 118 valence electrons. The van der Waals surface area contributed by atoms with Crippen molar-refractivity contribution < 1.29 is 16.8 Å². The van der Waals surface area contributed by atoms with E-state index in [4.69, 9.17) is 0 Å². The van der Waals surface area contributed by atoms with Crippen LogP contribution in [0, 0.1) is 0 Å². The molecule has 1 aromatic rings. The minimum absolute atomic E-state index is 0.172. The van der Waals surface area contributed by atoms with Crippen LogP contribution in [0.2, 0.25) is 0 Å². The summed E-state index contributed by atoms with van der Waals surface area (Å²) in [7, 11) is -6.86. The molecule has 9 heteroatoms. The van der Waals surface area contributed by atoms with Gasteiger partial charge in [0.1, 0.15) is 0 Å². The highest BCUT2D eigenvalue weighted by Crippen LogP contribution is 2.20. The molecular formula is C12H17BrN2O4S2. The first-order valence-corrected chi connectivity index (χ1v) is 10.5. The molecule has 6 nitrogen and oxygen atoms in total. The third kappa shape index (κ3) is 4.04. The molecule has 2 rings (SSSR count). The molecule has 0 bridgehead atoms. The first-order valence-electron chi connectivity index (χ1n) is 6.42. The second-order valence-corrected chi connectivity index (χ2v) is 9.71. The van der Waals surface area contributed by atoms with E-state index in [2.05, 4.69) is 15.9 Å². The zero-order valence-electron chi connectivity index (χ0n) is 11.6. The third-order valence-electron chi connectivity index (χ3n) is 3.33. The van der Waals surface area contributed by atoms with Crippen molar-refractivity contribution >= 4 is 36.0 Å². The molecule has 0 N–H and O–H groups in total. The maximum absolute atomic E-state index is 12.6. The lowest BCUT2D eigenvalue weighted by Crippen LogP contribution is -2.36. The van der Waals surface area contributed by atoms with Gasteiger partial charge in [-0.3, -0.25) is 0 Å². The van der Waals surface area contributed by atoms with Gasteiger partial charge < -0.3 is 0 Å². The molecule has 0 atom stereocenters. The van der Waals surface area contributed by atoms with Crippen molar-refractivity contribution in [3.05, 3.63) is 28.7 Å². The first-order chi connectivity index (χ1) is 9.71. The fourth-order valence-corrected chi connectivity index (χ4v) is 4.81. The summed E-state index contributed by atoms with van der Waals surface area (Å²) in [6, 6.07) is 6.43. The maximum Gasteiger partial charge on any atom is 0.243 e. The second kappa shape index (κ2) is 6.33. The summed E-state index contributed by atoms with van der Waals surface area (Å²) in [6.45, 7) is 1.04. The van der Waals surface area contributed by atoms with Gasteiger partial charge in [-0.25, -0.2) is 21.1 Å². The standard InChI is InChI=1S/C12H17BrN2O4S2/c1-20(16,17)14-7-2-8-15(10-9-14)21(18,19)12-5-3-11(13)4-6-12/h3-6H,2,7-10H2,1H3.